The summed E-state index contributed by atoms with van der Waals surface area (Å²) in [5.74, 6) is -0.154. The normalized spacial score (nSPS) is 12.1. The van der Waals surface area contributed by atoms with Gasteiger partial charge in [0.15, 0.2) is 0 Å². The summed E-state index contributed by atoms with van der Waals surface area (Å²) in [4.78, 5) is 13.1. The van der Waals surface area contributed by atoms with E-state index in [2.05, 4.69) is 5.32 Å². The molecule has 3 rings (SSSR count). The number of nitrogens with zero attached hydrogens (tertiary/aromatic N) is 1. The third-order valence-corrected chi connectivity index (χ3v) is 6.98. The van der Waals surface area contributed by atoms with Gasteiger partial charge in [-0.15, -0.1) is 0 Å². The number of carbonyl (C=O) groups excluding carboxylic acids is 1. The topological polar surface area (TPSA) is 75.7 Å². The molecule has 0 fully saturated rings. The van der Waals surface area contributed by atoms with Crippen molar-refractivity contribution in [2.24, 2.45) is 0 Å². The van der Waals surface area contributed by atoms with Gasteiger partial charge in [-0.1, -0.05) is 67.1 Å². The van der Waals surface area contributed by atoms with Crippen LogP contribution >= 0.6 is 11.6 Å². The van der Waals surface area contributed by atoms with E-state index >= 15 is 0 Å². The van der Waals surface area contributed by atoms with E-state index < -0.39 is 22.5 Å². The number of hydrogen-bond donors (Lipinski definition) is 1. The number of halogens is 1. The molecule has 0 aliphatic carbocycles. The molecule has 32 heavy (non-hydrogen) atoms. The van der Waals surface area contributed by atoms with Crippen LogP contribution in [0.4, 0.5) is 5.69 Å². The summed E-state index contributed by atoms with van der Waals surface area (Å²) < 4.78 is 33.4. The third-order valence-electron chi connectivity index (χ3n) is 4.97. The van der Waals surface area contributed by atoms with E-state index in [4.69, 9.17) is 16.3 Å². The first-order valence-electron chi connectivity index (χ1n) is 10.1. The summed E-state index contributed by atoms with van der Waals surface area (Å²) in [5, 5.41) is 3.26. The van der Waals surface area contributed by atoms with E-state index in [1.54, 1.807) is 30.3 Å². The van der Waals surface area contributed by atoms with Crippen LogP contribution in [-0.2, 0) is 14.8 Å². The largest absolute Gasteiger partial charge is 0.495 e. The van der Waals surface area contributed by atoms with E-state index in [1.807, 2.05) is 37.3 Å². The lowest BCUT2D eigenvalue weighted by Crippen LogP contribution is -2.42. The van der Waals surface area contributed by atoms with Crippen molar-refractivity contribution in [3.63, 3.8) is 0 Å². The molecule has 0 heterocycles. The number of nitrogens with one attached hydrogen (secondary N) is 1. The molecule has 0 aliphatic rings. The third kappa shape index (κ3) is 5.41. The Labute approximate surface area is 193 Å². The standard InChI is InChI=1S/C24H25ClN2O4S/c1-3-21(18-10-6-4-7-11-18)26-24(28)17-27(22-16-19(25)14-15-23(22)31-2)32(29,30)20-12-8-5-9-13-20/h4-16,21H,3,17H2,1-2H3,(H,26,28)/t21-/m0/s1. The smallest absolute Gasteiger partial charge is 0.264 e. The van der Waals surface area contributed by atoms with E-state index in [1.165, 1.54) is 25.3 Å². The van der Waals surface area contributed by atoms with E-state index in [9.17, 15) is 13.2 Å². The van der Waals surface area contributed by atoms with Gasteiger partial charge in [0.2, 0.25) is 5.91 Å². The van der Waals surface area contributed by atoms with Crippen LogP contribution in [0.25, 0.3) is 0 Å². The monoisotopic (exact) mass is 472 g/mol. The Hall–Kier alpha value is -3.03. The molecule has 8 heteroatoms. The molecule has 1 atom stereocenters. The van der Waals surface area contributed by atoms with Crippen LogP contribution in [0.1, 0.15) is 24.9 Å². The minimum absolute atomic E-state index is 0.0601. The molecule has 168 valence electrons. The van der Waals surface area contributed by atoms with Crippen LogP contribution in [0.15, 0.2) is 83.8 Å². The fourth-order valence-electron chi connectivity index (χ4n) is 3.35. The average molecular weight is 473 g/mol. The quantitative estimate of drug-likeness (QED) is 0.484. The van der Waals surface area contributed by atoms with Gasteiger partial charge in [0.25, 0.3) is 10.0 Å². The van der Waals surface area contributed by atoms with E-state index in [-0.39, 0.29) is 22.4 Å². The maximum atomic E-state index is 13.5. The molecule has 1 N–H and O–H groups in total. The first-order valence-corrected chi connectivity index (χ1v) is 11.9. The van der Waals surface area contributed by atoms with Gasteiger partial charge < -0.3 is 10.1 Å². The lowest BCUT2D eigenvalue weighted by molar-refractivity contribution is -0.120. The van der Waals surface area contributed by atoms with Gasteiger partial charge in [0.05, 0.1) is 23.7 Å². The molecule has 3 aromatic rings. The summed E-state index contributed by atoms with van der Waals surface area (Å²) >= 11 is 6.16. The number of benzene rings is 3. The molecule has 0 saturated carbocycles. The van der Waals surface area contributed by atoms with Gasteiger partial charge in [-0.25, -0.2) is 8.42 Å². The maximum Gasteiger partial charge on any atom is 0.264 e. The van der Waals surface area contributed by atoms with Gasteiger partial charge in [-0.3, -0.25) is 9.10 Å². The van der Waals surface area contributed by atoms with E-state index in [0.717, 1.165) is 9.87 Å². The van der Waals surface area contributed by atoms with Crippen molar-refractivity contribution in [2.45, 2.75) is 24.3 Å². The number of carbonyl (C=O) groups is 1. The highest BCUT2D eigenvalue weighted by molar-refractivity contribution is 7.92. The van der Waals surface area contributed by atoms with Gasteiger partial charge in [0.1, 0.15) is 12.3 Å². The second-order valence-electron chi connectivity index (χ2n) is 7.08. The number of rotatable bonds is 9. The lowest BCUT2D eigenvalue weighted by atomic mass is 10.0. The highest BCUT2D eigenvalue weighted by Gasteiger charge is 2.30. The highest BCUT2D eigenvalue weighted by Crippen LogP contribution is 2.34. The molecule has 1 amide bonds. The molecule has 0 bridgehead atoms. The van der Waals surface area contributed by atoms with Crippen molar-refractivity contribution in [3.05, 3.63) is 89.4 Å². The number of anilines is 1. The van der Waals surface area contributed by atoms with Crippen LogP contribution in [-0.4, -0.2) is 28.0 Å². The fourth-order valence-corrected chi connectivity index (χ4v) is 4.96. The Balaban J connectivity index is 1.98. The van der Waals surface area contributed by atoms with Gasteiger partial charge in [-0.05, 0) is 42.3 Å². The number of methoxy groups -OCH3 is 1. The van der Waals surface area contributed by atoms with Crippen molar-refractivity contribution >= 4 is 33.2 Å². The summed E-state index contributed by atoms with van der Waals surface area (Å²) in [7, 11) is -2.64. The van der Waals surface area contributed by atoms with Crippen molar-refractivity contribution in [3.8, 4) is 5.75 Å². The highest BCUT2D eigenvalue weighted by atomic mass is 35.5. The van der Waals surface area contributed by atoms with Crippen molar-refractivity contribution < 1.29 is 17.9 Å². The zero-order chi connectivity index (χ0) is 23.1. The van der Waals surface area contributed by atoms with Crippen molar-refractivity contribution in [1.29, 1.82) is 0 Å². The molecular weight excluding hydrogens is 448 g/mol. The SMILES string of the molecule is CC[C@H](NC(=O)CN(c1cc(Cl)ccc1OC)S(=O)(=O)c1ccccc1)c1ccccc1. The predicted octanol–water partition coefficient (Wildman–Crippen LogP) is 4.81. The number of sulfonamides is 1. The minimum Gasteiger partial charge on any atom is -0.495 e. The Kier molecular flexibility index (Phi) is 7.77. The van der Waals surface area contributed by atoms with Gasteiger partial charge >= 0.3 is 0 Å². The minimum atomic E-state index is -4.07. The summed E-state index contributed by atoms with van der Waals surface area (Å²) in [6.07, 6.45) is 0.654. The zero-order valence-electron chi connectivity index (χ0n) is 17.9. The van der Waals surface area contributed by atoms with Crippen molar-refractivity contribution in [1.82, 2.24) is 5.32 Å². The zero-order valence-corrected chi connectivity index (χ0v) is 19.4. The van der Waals surface area contributed by atoms with Crippen LogP contribution in [0.2, 0.25) is 5.02 Å². The number of hydrogen-bond acceptors (Lipinski definition) is 4. The summed E-state index contributed by atoms with van der Waals surface area (Å²) in [6, 6.07) is 21.9. The van der Waals surface area contributed by atoms with Gasteiger partial charge in [-0.2, -0.15) is 0 Å². The van der Waals surface area contributed by atoms with Gasteiger partial charge in [0, 0.05) is 5.02 Å². The summed E-state index contributed by atoms with van der Waals surface area (Å²) in [5.41, 5.74) is 1.13. The molecule has 0 radical (unpaired) electrons. The maximum absolute atomic E-state index is 13.5. The lowest BCUT2D eigenvalue weighted by Gasteiger charge is -2.27. The Morgan fingerprint density at radius 2 is 1.66 bits per heavy atom. The Bertz CT molecular complexity index is 1160. The second-order valence-corrected chi connectivity index (χ2v) is 9.38. The Morgan fingerprint density at radius 3 is 2.25 bits per heavy atom. The Morgan fingerprint density at radius 1 is 1.03 bits per heavy atom. The van der Waals surface area contributed by atoms with Crippen LogP contribution in [0, 0.1) is 0 Å². The average Bonchev–Trinajstić information content (AvgIpc) is 2.82. The molecular formula is C24H25ClN2O4S. The predicted molar refractivity (Wildman–Crippen MR) is 127 cm³/mol. The molecule has 0 unspecified atom stereocenters. The molecule has 0 aromatic heterocycles. The molecule has 3 aromatic carbocycles. The van der Waals surface area contributed by atoms with Crippen molar-refractivity contribution in [2.75, 3.05) is 18.0 Å². The number of ether oxygens (including phenoxy) is 1. The first kappa shape index (κ1) is 23.6. The van der Waals surface area contributed by atoms with Crippen LogP contribution in [0.5, 0.6) is 5.75 Å². The van der Waals surface area contributed by atoms with Crippen LogP contribution < -0.4 is 14.4 Å². The van der Waals surface area contributed by atoms with E-state index in [0.29, 0.717) is 11.4 Å². The first-order chi connectivity index (χ1) is 15.4. The fraction of sp³-hybridized carbons (Fsp3) is 0.208. The molecule has 0 saturated heterocycles. The molecule has 0 spiro atoms. The van der Waals surface area contributed by atoms with Crippen LogP contribution in [0.3, 0.4) is 0 Å². The summed E-state index contributed by atoms with van der Waals surface area (Å²) in [6.45, 7) is 1.52. The molecule has 6 nitrogen and oxygen atoms in total. The molecule has 0 aliphatic heterocycles. The second kappa shape index (κ2) is 10.5. The number of amides is 1.